The van der Waals surface area contributed by atoms with Gasteiger partial charge in [0.2, 0.25) is 6.79 Å². The first kappa shape index (κ1) is 16.6. The van der Waals surface area contributed by atoms with Crippen molar-refractivity contribution in [2.75, 3.05) is 17.4 Å². The van der Waals surface area contributed by atoms with E-state index < -0.39 is 11.0 Å². The predicted molar refractivity (Wildman–Crippen MR) is 102 cm³/mol. The van der Waals surface area contributed by atoms with Crippen molar-refractivity contribution in [3.8, 4) is 11.5 Å². The highest BCUT2D eigenvalue weighted by Gasteiger charge is 2.37. The fraction of sp³-hybridized carbons (Fsp3) is 0.250. The SMILES string of the molecule is O=C1CCCC2=C1[C@H](c1cc3c(cc1[N+](=O)[O-])OCO3)Nc1ccccc1N2. The number of nitrogens with zero attached hydrogens (tertiary/aromatic N) is 1. The monoisotopic (exact) mass is 379 g/mol. The third kappa shape index (κ3) is 2.57. The quantitative estimate of drug-likeness (QED) is 0.602. The van der Waals surface area contributed by atoms with Crippen LogP contribution in [0.2, 0.25) is 0 Å². The molecule has 5 rings (SSSR count). The number of hydrogen-bond donors (Lipinski definition) is 2. The van der Waals surface area contributed by atoms with Crippen LogP contribution in [0.1, 0.15) is 30.9 Å². The van der Waals surface area contributed by atoms with E-state index in [1.807, 2.05) is 24.3 Å². The molecule has 0 aromatic heterocycles. The molecule has 0 spiro atoms. The van der Waals surface area contributed by atoms with Crippen LogP contribution in [0.5, 0.6) is 11.5 Å². The highest BCUT2D eigenvalue weighted by atomic mass is 16.7. The minimum absolute atomic E-state index is 0.00831. The van der Waals surface area contributed by atoms with Gasteiger partial charge in [0, 0.05) is 17.7 Å². The Morgan fingerprint density at radius 2 is 1.82 bits per heavy atom. The Kier molecular flexibility index (Phi) is 3.71. The molecule has 2 aliphatic heterocycles. The standard InChI is InChI=1S/C20H17N3O5/c24-16-7-3-6-14-19(16)20(22-13-5-2-1-4-12(13)21-14)11-8-17-18(28-10-27-17)9-15(11)23(25)26/h1-2,4-5,8-9,20-22H,3,6-7,10H2/t20-/m0/s1. The number of para-hydroxylation sites is 2. The molecule has 142 valence electrons. The Bertz CT molecular complexity index is 1050. The highest BCUT2D eigenvalue weighted by molar-refractivity contribution is 6.00. The maximum absolute atomic E-state index is 12.9. The van der Waals surface area contributed by atoms with Crippen molar-refractivity contribution in [3.05, 3.63) is 63.3 Å². The molecule has 8 heteroatoms. The number of allylic oxidation sites excluding steroid dienone is 1. The van der Waals surface area contributed by atoms with Crippen LogP contribution < -0.4 is 20.1 Å². The number of nitrogens with one attached hydrogen (secondary N) is 2. The lowest BCUT2D eigenvalue weighted by Gasteiger charge is -2.25. The van der Waals surface area contributed by atoms with E-state index in [-0.39, 0.29) is 18.3 Å². The summed E-state index contributed by atoms with van der Waals surface area (Å²) in [5.41, 5.74) is 3.26. The molecule has 1 aliphatic carbocycles. The summed E-state index contributed by atoms with van der Waals surface area (Å²) in [6.45, 7) is 0.0191. The van der Waals surface area contributed by atoms with Crippen LogP contribution in [0, 0.1) is 10.1 Å². The van der Waals surface area contributed by atoms with Gasteiger partial charge in [-0.15, -0.1) is 0 Å². The van der Waals surface area contributed by atoms with Crippen molar-refractivity contribution in [1.82, 2.24) is 0 Å². The average molecular weight is 379 g/mol. The predicted octanol–water partition coefficient (Wildman–Crippen LogP) is 3.91. The summed E-state index contributed by atoms with van der Waals surface area (Å²) in [6, 6.07) is 9.91. The second-order valence-electron chi connectivity index (χ2n) is 6.94. The average Bonchev–Trinajstić information content (AvgIpc) is 3.07. The van der Waals surface area contributed by atoms with Gasteiger partial charge in [0.15, 0.2) is 17.3 Å². The molecule has 0 radical (unpaired) electrons. The number of ether oxygens (including phenoxy) is 2. The van der Waals surface area contributed by atoms with Crippen molar-refractivity contribution < 1.29 is 19.2 Å². The molecule has 3 aliphatic rings. The number of nitro benzene ring substituents is 1. The summed E-state index contributed by atoms with van der Waals surface area (Å²) in [6.07, 6.45) is 1.89. The number of Topliss-reactive ketones (excluding diaryl/α,β-unsaturated/α-hetero) is 1. The first-order chi connectivity index (χ1) is 13.6. The van der Waals surface area contributed by atoms with Gasteiger partial charge in [-0.3, -0.25) is 14.9 Å². The smallest absolute Gasteiger partial charge is 0.279 e. The van der Waals surface area contributed by atoms with E-state index in [0.29, 0.717) is 35.5 Å². The lowest BCUT2D eigenvalue weighted by atomic mass is 9.86. The van der Waals surface area contributed by atoms with E-state index in [0.717, 1.165) is 23.5 Å². The summed E-state index contributed by atoms with van der Waals surface area (Å²) in [7, 11) is 0. The molecule has 0 saturated heterocycles. The van der Waals surface area contributed by atoms with Gasteiger partial charge in [-0.25, -0.2) is 0 Å². The second-order valence-corrected chi connectivity index (χ2v) is 6.94. The lowest BCUT2D eigenvalue weighted by Crippen LogP contribution is -2.24. The Morgan fingerprint density at radius 1 is 1.07 bits per heavy atom. The van der Waals surface area contributed by atoms with Gasteiger partial charge < -0.3 is 20.1 Å². The topological polar surface area (TPSA) is 103 Å². The molecule has 2 aromatic rings. The molecule has 0 bridgehead atoms. The summed E-state index contributed by atoms with van der Waals surface area (Å²) < 4.78 is 10.7. The number of carbonyl (C=O) groups excluding carboxylic acids is 1. The molecule has 0 fully saturated rings. The first-order valence-electron chi connectivity index (χ1n) is 9.08. The number of nitro groups is 1. The van der Waals surface area contributed by atoms with Crippen LogP contribution in [-0.2, 0) is 4.79 Å². The van der Waals surface area contributed by atoms with Crippen molar-refractivity contribution in [1.29, 1.82) is 0 Å². The van der Waals surface area contributed by atoms with Crippen molar-refractivity contribution >= 4 is 22.8 Å². The molecular weight excluding hydrogens is 362 g/mol. The minimum atomic E-state index is -0.658. The molecule has 28 heavy (non-hydrogen) atoms. The zero-order valence-corrected chi connectivity index (χ0v) is 14.9. The van der Waals surface area contributed by atoms with Crippen molar-refractivity contribution in [2.24, 2.45) is 0 Å². The molecule has 2 N–H and O–H groups in total. The highest BCUT2D eigenvalue weighted by Crippen LogP contribution is 2.46. The Labute approximate surface area is 160 Å². The van der Waals surface area contributed by atoms with Crippen LogP contribution >= 0.6 is 0 Å². The Hall–Kier alpha value is -3.55. The third-order valence-corrected chi connectivity index (χ3v) is 5.29. The molecule has 0 amide bonds. The van der Waals surface area contributed by atoms with Crippen LogP contribution in [0.3, 0.4) is 0 Å². The fourth-order valence-electron chi connectivity index (χ4n) is 4.01. The van der Waals surface area contributed by atoms with E-state index in [1.165, 1.54) is 6.07 Å². The second kappa shape index (κ2) is 6.26. The number of ketones is 1. The number of hydrogen-bond acceptors (Lipinski definition) is 7. The van der Waals surface area contributed by atoms with Crippen LogP contribution in [0.15, 0.2) is 47.7 Å². The number of fused-ring (bicyclic) bond motifs is 2. The number of rotatable bonds is 2. The molecule has 1 atom stereocenters. The van der Waals surface area contributed by atoms with Gasteiger partial charge >= 0.3 is 0 Å². The maximum Gasteiger partial charge on any atom is 0.279 e. The summed E-state index contributed by atoms with van der Waals surface area (Å²) >= 11 is 0. The van der Waals surface area contributed by atoms with E-state index in [2.05, 4.69) is 10.6 Å². The van der Waals surface area contributed by atoms with Gasteiger partial charge in [0.05, 0.1) is 34.0 Å². The number of anilines is 2. The van der Waals surface area contributed by atoms with Gasteiger partial charge in [-0.1, -0.05) is 12.1 Å². The summed E-state index contributed by atoms with van der Waals surface area (Å²) in [4.78, 5) is 24.2. The van der Waals surface area contributed by atoms with Gasteiger partial charge in [0.25, 0.3) is 5.69 Å². The van der Waals surface area contributed by atoms with Crippen LogP contribution in [-0.4, -0.2) is 17.5 Å². The first-order valence-corrected chi connectivity index (χ1v) is 9.08. The van der Waals surface area contributed by atoms with E-state index in [1.54, 1.807) is 6.07 Å². The van der Waals surface area contributed by atoms with Crippen LogP contribution in [0.25, 0.3) is 0 Å². The van der Waals surface area contributed by atoms with Gasteiger partial charge in [-0.05, 0) is 31.0 Å². The Balaban J connectivity index is 1.73. The van der Waals surface area contributed by atoms with Crippen molar-refractivity contribution in [2.45, 2.75) is 25.3 Å². The molecule has 0 unspecified atom stereocenters. The normalized spacial score (nSPS) is 19.9. The fourth-order valence-corrected chi connectivity index (χ4v) is 4.01. The van der Waals surface area contributed by atoms with Crippen LogP contribution in [0.4, 0.5) is 17.1 Å². The van der Waals surface area contributed by atoms with Crippen molar-refractivity contribution in [3.63, 3.8) is 0 Å². The molecule has 2 aromatic carbocycles. The van der Waals surface area contributed by atoms with E-state index in [4.69, 9.17) is 9.47 Å². The summed E-state index contributed by atoms with van der Waals surface area (Å²) in [5.74, 6) is 0.774. The van der Waals surface area contributed by atoms with E-state index >= 15 is 0 Å². The largest absolute Gasteiger partial charge is 0.454 e. The zero-order chi connectivity index (χ0) is 19.3. The molecule has 2 heterocycles. The minimum Gasteiger partial charge on any atom is -0.454 e. The number of carbonyl (C=O) groups is 1. The molecule has 0 saturated carbocycles. The zero-order valence-electron chi connectivity index (χ0n) is 14.9. The molecule has 8 nitrogen and oxygen atoms in total. The molecular formula is C20H17N3O5. The third-order valence-electron chi connectivity index (χ3n) is 5.29. The maximum atomic E-state index is 12.9. The lowest BCUT2D eigenvalue weighted by molar-refractivity contribution is -0.385. The van der Waals surface area contributed by atoms with Gasteiger partial charge in [-0.2, -0.15) is 0 Å². The Morgan fingerprint density at radius 3 is 2.61 bits per heavy atom. The van der Waals surface area contributed by atoms with Gasteiger partial charge in [0.1, 0.15) is 0 Å². The van der Waals surface area contributed by atoms with E-state index in [9.17, 15) is 14.9 Å². The summed E-state index contributed by atoms with van der Waals surface area (Å²) in [5, 5.41) is 18.5. The number of benzene rings is 2.